The molecule has 27 heavy (non-hydrogen) atoms. The van der Waals surface area contributed by atoms with Gasteiger partial charge in [0.1, 0.15) is 5.69 Å². The first-order chi connectivity index (χ1) is 13.1. The van der Waals surface area contributed by atoms with Gasteiger partial charge in [-0.1, -0.05) is 19.1 Å². The Morgan fingerprint density at radius 3 is 2.96 bits per heavy atom. The number of para-hydroxylation sites is 2. The molecular formula is C19H21N7O. The molecule has 138 valence electrons. The molecule has 0 saturated heterocycles. The number of aromatic amines is 1. The molecule has 8 heteroatoms. The second kappa shape index (κ2) is 7.06. The maximum Gasteiger partial charge on any atom is 0.272 e. The standard InChI is InChI=1S/C19H21N7O/c1-3-15(13-9-21-25(2)10-13)22-19(27)17-8-14(23-24-17)11-26-12-20-16-6-4-5-7-18(16)26/h4-10,12,15H,3,11H2,1-2H3,(H,22,27)(H,23,24)/t15-/m0/s1. The fraction of sp³-hybridized carbons (Fsp3) is 0.263. The topological polar surface area (TPSA) is 93.4 Å². The zero-order valence-electron chi connectivity index (χ0n) is 15.3. The minimum atomic E-state index is -0.205. The Hall–Kier alpha value is -3.42. The fourth-order valence-corrected chi connectivity index (χ4v) is 3.15. The lowest BCUT2D eigenvalue weighted by Gasteiger charge is -2.14. The van der Waals surface area contributed by atoms with Gasteiger partial charge < -0.3 is 9.88 Å². The zero-order chi connectivity index (χ0) is 18.8. The molecular weight excluding hydrogens is 342 g/mol. The van der Waals surface area contributed by atoms with Crippen LogP contribution in [0.15, 0.2) is 49.1 Å². The van der Waals surface area contributed by atoms with Gasteiger partial charge in [-0.25, -0.2) is 4.98 Å². The highest BCUT2D eigenvalue weighted by Gasteiger charge is 2.18. The molecule has 0 spiro atoms. The molecule has 2 N–H and O–H groups in total. The molecule has 3 aromatic heterocycles. The number of imidazole rings is 1. The maximum atomic E-state index is 12.6. The molecule has 0 unspecified atom stereocenters. The van der Waals surface area contributed by atoms with Crippen LogP contribution in [0.2, 0.25) is 0 Å². The van der Waals surface area contributed by atoms with Crippen molar-refractivity contribution in [2.75, 3.05) is 0 Å². The Labute approximate surface area is 156 Å². The number of nitrogens with one attached hydrogen (secondary N) is 2. The van der Waals surface area contributed by atoms with E-state index in [0.717, 1.165) is 28.7 Å². The van der Waals surface area contributed by atoms with Crippen LogP contribution in [-0.4, -0.2) is 35.4 Å². The Bertz CT molecular complexity index is 1070. The Balaban J connectivity index is 1.47. The van der Waals surface area contributed by atoms with Crippen LogP contribution in [-0.2, 0) is 13.6 Å². The van der Waals surface area contributed by atoms with Crippen molar-refractivity contribution in [3.05, 3.63) is 66.0 Å². The number of amides is 1. The van der Waals surface area contributed by atoms with Gasteiger partial charge in [0, 0.05) is 18.8 Å². The van der Waals surface area contributed by atoms with E-state index in [4.69, 9.17) is 0 Å². The van der Waals surface area contributed by atoms with E-state index in [1.54, 1.807) is 23.3 Å². The summed E-state index contributed by atoms with van der Waals surface area (Å²) in [5.74, 6) is -0.205. The van der Waals surface area contributed by atoms with E-state index >= 15 is 0 Å². The van der Waals surface area contributed by atoms with Crippen molar-refractivity contribution in [1.82, 2.24) is 34.8 Å². The highest BCUT2D eigenvalue weighted by Crippen LogP contribution is 2.17. The first kappa shape index (κ1) is 17.0. The summed E-state index contributed by atoms with van der Waals surface area (Å²) in [6, 6.07) is 9.62. The van der Waals surface area contributed by atoms with Crippen LogP contribution in [0, 0.1) is 0 Å². The lowest BCUT2D eigenvalue weighted by molar-refractivity contribution is 0.0930. The summed E-state index contributed by atoms with van der Waals surface area (Å²) in [7, 11) is 1.86. The smallest absolute Gasteiger partial charge is 0.272 e. The number of aryl methyl sites for hydroxylation is 1. The van der Waals surface area contributed by atoms with Gasteiger partial charge in [-0.05, 0) is 24.6 Å². The molecule has 0 saturated carbocycles. The van der Waals surface area contributed by atoms with Gasteiger partial charge in [-0.2, -0.15) is 10.2 Å². The highest BCUT2D eigenvalue weighted by molar-refractivity contribution is 5.92. The molecule has 0 aliphatic rings. The lowest BCUT2D eigenvalue weighted by atomic mass is 10.1. The van der Waals surface area contributed by atoms with E-state index in [-0.39, 0.29) is 11.9 Å². The monoisotopic (exact) mass is 363 g/mol. The molecule has 0 bridgehead atoms. The van der Waals surface area contributed by atoms with Crippen LogP contribution in [0.1, 0.15) is 41.1 Å². The number of carbonyl (C=O) groups is 1. The first-order valence-corrected chi connectivity index (χ1v) is 8.87. The van der Waals surface area contributed by atoms with Crippen molar-refractivity contribution in [3.8, 4) is 0 Å². The third-order valence-corrected chi connectivity index (χ3v) is 4.57. The summed E-state index contributed by atoms with van der Waals surface area (Å²) in [6.07, 6.45) is 6.25. The average Bonchev–Trinajstić information content (AvgIpc) is 3.41. The van der Waals surface area contributed by atoms with Crippen LogP contribution in [0.3, 0.4) is 0 Å². The molecule has 1 atom stereocenters. The normalized spacial score (nSPS) is 12.4. The minimum absolute atomic E-state index is 0.0936. The fourth-order valence-electron chi connectivity index (χ4n) is 3.15. The van der Waals surface area contributed by atoms with E-state index in [1.807, 2.05) is 49.0 Å². The average molecular weight is 363 g/mol. The Morgan fingerprint density at radius 1 is 1.33 bits per heavy atom. The van der Waals surface area contributed by atoms with Gasteiger partial charge >= 0.3 is 0 Å². The van der Waals surface area contributed by atoms with E-state index in [1.165, 1.54) is 0 Å². The van der Waals surface area contributed by atoms with Gasteiger partial charge in [0.15, 0.2) is 0 Å². The van der Waals surface area contributed by atoms with Gasteiger partial charge in [-0.15, -0.1) is 0 Å². The van der Waals surface area contributed by atoms with Crippen molar-refractivity contribution in [2.45, 2.75) is 25.9 Å². The molecule has 0 fully saturated rings. The van der Waals surface area contributed by atoms with Crippen LogP contribution in [0.4, 0.5) is 0 Å². The number of benzene rings is 1. The molecule has 1 amide bonds. The predicted molar refractivity (Wildman–Crippen MR) is 101 cm³/mol. The van der Waals surface area contributed by atoms with Crippen LogP contribution < -0.4 is 5.32 Å². The molecule has 4 rings (SSSR count). The van der Waals surface area contributed by atoms with Gasteiger partial charge in [0.05, 0.1) is 41.8 Å². The van der Waals surface area contributed by atoms with Crippen LogP contribution in [0.25, 0.3) is 11.0 Å². The summed E-state index contributed by atoms with van der Waals surface area (Å²) in [6.45, 7) is 2.60. The second-order valence-corrected chi connectivity index (χ2v) is 6.52. The van der Waals surface area contributed by atoms with E-state index in [9.17, 15) is 4.79 Å². The second-order valence-electron chi connectivity index (χ2n) is 6.52. The highest BCUT2D eigenvalue weighted by atomic mass is 16.2. The van der Waals surface area contributed by atoms with E-state index < -0.39 is 0 Å². The molecule has 4 aromatic rings. The third-order valence-electron chi connectivity index (χ3n) is 4.57. The summed E-state index contributed by atoms with van der Waals surface area (Å²) < 4.78 is 3.75. The number of H-pyrrole nitrogens is 1. The third kappa shape index (κ3) is 3.46. The molecule has 0 aliphatic heterocycles. The number of rotatable bonds is 6. The van der Waals surface area contributed by atoms with Crippen molar-refractivity contribution < 1.29 is 4.79 Å². The van der Waals surface area contributed by atoms with Crippen LogP contribution >= 0.6 is 0 Å². The zero-order valence-corrected chi connectivity index (χ0v) is 15.3. The lowest BCUT2D eigenvalue weighted by Crippen LogP contribution is -2.28. The summed E-state index contributed by atoms with van der Waals surface area (Å²) in [5, 5.41) is 14.3. The number of aromatic nitrogens is 6. The largest absolute Gasteiger partial charge is 0.344 e. The van der Waals surface area contributed by atoms with Crippen molar-refractivity contribution >= 4 is 16.9 Å². The first-order valence-electron chi connectivity index (χ1n) is 8.87. The number of fused-ring (bicyclic) bond motifs is 1. The van der Waals surface area contributed by atoms with Crippen molar-refractivity contribution in [3.63, 3.8) is 0 Å². The van der Waals surface area contributed by atoms with Gasteiger partial charge in [-0.3, -0.25) is 14.6 Å². The Morgan fingerprint density at radius 2 is 2.19 bits per heavy atom. The quantitative estimate of drug-likeness (QED) is 0.550. The predicted octanol–water partition coefficient (Wildman–Crippen LogP) is 2.42. The number of hydrogen-bond acceptors (Lipinski definition) is 4. The van der Waals surface area contributed by atoms with Gasteiger partial charge in [0.25, 0.3) is 5.91 Å². The molecule has 0 radical (unpaired) electrons. The summed E-state index contributed by atoms with van der Waals surface area (Å²) in [4.78, 5) is 17.0. The molecule has 8 nitrogen and oxygen atoms in total. The molecule has 0 aliphatic carbocycles. The van der Waals surface area contributed by atoms with E-state index in [2.05, 4.69) is 25.6 Å². The minimum Gasteiger partial charge on any atom is -0.344 e. The van der Waals surface area contributed by atoms with E-state index in [0.29, 0.717) is 12.2 Å². The Kier molecular flexibility index (Phi) is 4.45. The maximum absolute atomic E-state index is 12.6. The molecule has 3 heterocycles. The summed E-state index contributed by atoms with van der Waals surface area (Å²) >= 11 is 0. The number of hydrogen-bond donors (Lipinski definition) is 2. The van der Waals surface area contributed by atoms with Crippen molar-refractivity contribution in [2.24, 2.45) is 7.05 Å². The number of nitrogens with zero attached hydrogens (tertiary/aromatic N) is 5. The van der Waals surface area contributed by atoms with Crippen molar-refractivity contribution in [1.29, 1.82) is 0 Å². The molecule has 1 aromatic carbocycles. The summed E-state index contributed by atoms with van der Waals surface area (Å²) in [5.41, 5.74) is 4.18. The van der Waals surface area contributed by atoms with Crippen LogP contribution in [0.5, 0.6) is 0 Å². The number of carbonyl (C=O) groups excluding carboxylic acids is 1. The SMILES string of the molecule is CC[C@H](NC(=O)c1cc(Cn2cnc3ccccc32)[nH]n1)c1cnn(C)c1. The van der Waals surface area contributed by atoms with Gasteiger partial charge in [0.2, 0.25) is 0 Å².